The minimum atomic E-state index is -0.410. The van der Waals surface area contributed by atoms with Crippen LogP contribution in [0.3, 0.4) is 0 Å². The number of anilines is 2. The molecule has 1 fully saturated rings. The summed E-state index contributed by atoms with van der Waals surface area (Å²) in [6.07, 6.45) is 3.79. The number of amides is 2. The van der Waals surface area contributed by atoms with Gasteiger partial charge in [0.2, 0.25) is 5.91 Å². The second-order valence-electron chi connectivity index (χ2n) is 9.85. The number of piperidine rings is 1. The summed E-state index contributed by atoms with van der Waals surface area (Å²) in [5.41, 5.74) is 3.60. The molecule has 2 aromatic carbocycles. The number of thiazole rings is 1. The fourth-order valence-corrected chi connectivity index (χ4v) is 7.72. The van der Waals surface area contributed by atoms with Gasteiger partial charge in [0.05, 0.1) is 21.7 Å². The van der Waals surface area contributed by atoms with Crippen molar-refractivity contribution in [3.05, 3.63) is 68.6 Å². The van der Waals surface area contributed by atoms with E-state index in [1.54, 1.807) is 35.3 Å². The van der Waals surface area contributed by atoms with Gasteiger partial charge in [0, 0.05) is 48.6 Å². The lowest BCUT2D eigenvalue weighted by Gasteiger charge is -2.28. The summed E-state index contributed by atoms with van der Waals surface area (Å²) in [5, 5.41) is 16.5. The van der Waals surface area contributed by atoms with Gasteiger partial charge in [-0.15, -0.1) is 22.7 Å². The normalized spacial score (nSPS) is 15.3. The van der Waals surface area contributed by atoms with E-state index in [9.17, 15) is 19.7 Å². The molecule has 9 nitrogen and oxygen atoms in total. The van der Waals surface area contributed by atoms with Gasteiger partial charge < -0.3 is 15.1 Å². The van der Waals surface area contributed by atoms with Crippen LogP contribution < -0.4 is 10.2 Å². The number of nitro benzene ring substituents is 1. The molecule has 0 atom stereocenters. The molecule has 0 aliphatic carbocycles. The van der Waals surface area contributed by atoms with Crippen LogP contribution in [-0.4, -0.2) is 46.3 Å². The van der Waals surface area contributed by atoms with Crippen LogP contribution in [-0.2, 0) is 17.8 Å². The van der Waals surface area contributed by atoms with Crippen molar-refractivity contribution in [2.24, 2.45) is 0 Å². The molecule has 1 saturated heterocycles. The summed E-state index contributed by atoms with van der Waals surface area (Å²) >= 11 is 3.01. The lowest BCUT2D eigenvalue weighted by Crippen LogP contribution is -2.33. The van der Waals surface area contributed by atoms with Crippen molar-refractivity contribution in [1.29, 1.82) is 0 Å². The molecule has 200 valence electrons. The number of hydrogen-bond donors (Lipinski definition) is 1. The molecule has 39 heavy (non-hydrogen) atoms. The Bertz CT molecular complexity index is 1570. The fourth-order valence-electron chi connectivity index (χ4n) is 5.35. The van der Waals surface area contributed by atoms with E-state index >= 15 is 0 Å². The quantitative estimate of drug-likeness (QED) is 0.234. The van der Waals surface area contributed by atoms with Gasteiger partial charge in [0.15, 0.2) is 0 Å². The maximum absolute atomic E-state index is 13.5. The second kappa shape index (κ2) is 10.4. The number of hydrogen-bond acceptors (Lipinski definition) is 8. The van der Waals surface area contributed by atoms with Crippen molar-refractivity contribution < 1.29 is 14.5 Å². The van der Waals surface area contributed by atoms with Crippen LogP contribution in [0.15, 0.2) is 42.5 Å². The highest BCUT2D eigenvalue weighted by molar-refractivity contribution is 7.23. The molecular formula is C28H27N5O4S2. The van der Waals surface area contributed by atoms with Gasteiger partial charge in [-0.3, -0.25) is 19.7 Å². The van der Waals surface area contributed by atoms with E-state index in [0.717, 1.165) is 63.6 Å². The number of thiophene rings is 1. The van der Waals surface area contributed by atoms with Crippen molar-refractivity contribution in [2.75, 3.05) is 29.9 Å². The Morgan fingerprint density at radius 3 is 2.59 bits per heavy atom. The Hall–Kier alpha value is -3.83. The Morgan fingerprint density at radius 2 is 1.85 bits per heavy atom. The minimum Gasteiger partial charge on any atom is -0.366 e. The monoisotopic (exact) mass is 561 g/mol. The van der Waals surface area contributed by atoms with Gasteiger partial charge in [-0.25, -0.2) is 4.98 Å². The van der Waals surface area contributed by atoms with E-state index in [2.05, 4.69) is 5.32 Å². The molecule has 4 heterocycles. The zero-order valence-corrected chi connectivity index (χ0v) is 23.1. The fraction of sp³-hybridized carbons (Fsp3) is 0.321. The van der Waals surface area contributed by atoms with E-state index in [1.807, 2.05) is 29.2 Å². The number of carbonyl (C=O) groups excluding carboxylic acids is 2. The largest absolute Gasteiger partial charge is 0.366 e. The Kier molecular flexibility index (Phi) is 6.78. The SMILES string of the molecule is CC(=O)N1CCc2c(sc(NC(=O)c3ccc(N4CCCCC4)c([N+](=O)[O-])c3)c2-c2nc3ccccc3s2)C1. The summed E-state index contributed by atoms with van der Waals surface area (Å²) in [6.45, 7) is 4.20. The first-order valence-corrected chi connectivity index (χ1v) is 14.6. The molecule has 0 unspecified atom stereocenters. The number of rotatable bonds is 5. The minimum absolute atomic E-state index is 0.0160. The molecule has 0 radical (unpaired) electrons. The first-order valence-electron chi connectivity index (χ1n) is 13.0. The van der Waals surface area contributed by atoms with E-state index in [4.69, 9.17) is 4.98 Å². The molecule has 1 N–H and O–H groups in total. The van der Waals surface area contributed by atoms with Crippen molar-refractivity contribution in [2.45, 2.75) is 39.2 Å². The first kappa shape index (κ1) is 25.4. The Balaban J connectivity index is 1.37. The van der Waals surface area contributed by atoms with Gasteiger partial charge in [-0.1, -0.05) is 12.1 Å². The van der Waals surface area contributed by atoms with Crippen LogP contribution in [0, 0.1) is 10.1 Å². The average molecular weight is 562 g/mol. The predicted octanol–water partition coefficient (Wildman–Crippen LogP) is 6.08. The number of benzene rings is 2. The van der Waals surface area contributed by atoms with E-state index in [-0.39, 0.29) is 17.2 Å². The second-order valence-corrected chi connectivity index (χ2v) is 12.0. The van der Waals surface area contributed by atoms with Gasteiger partial charge in [0.1, 0.15) is 15.7 Å². The maximum atomic E-state index is 13.5. The Labute approximate surface area is 233 Å². The number of nitrogens with zero attached hydrogens (tertiary/aromatic N) is 4. The number of aromatic nitrogens is 1. The summed E-state index contributed by atoms with van der Waals surface area (Å²) < 4.78 is 1.05. The number of nitrogens with one attached hydrogen (secondary N) is 1. The van der Waals surface area contributed by atoms with E-state index in [1.165, 1.54) is 17.4 Å². The van der Waals surface area contributed by atoms with Gasteiger partial charge in [-0.05, 0) is 55.5 Å². The average Bonchev–Trinajstić information content (AvgIpc) is 3.53. The van der Waals surface area contributed by atoms with Gasteiger partial charge >= 0.3 is 0 Å². The van der Waals surface area contributed by atoms with Crippen molar-refractivity contribution in [3.8, 4) is 10.6 Å². The summed E-state index contributed by atoms with van der Waals surface area (Å²) in [5.74, 6) is -0.394. The third-order valence-electron chi connectivity index (χ3n) is 7.37. The van der Waals surface area contributed by atoms with Crippen LogP contribution in [0.4, 0.5) is 16.4 Å². The smallest absolute Gasteiger partial charge is 0.293 e. The van der Waals surface area contributed by atoms with Crippen LogP contribution in [0.5, 0.6) is 0 Å². The standard InChI is InChI=1S/C28H27N5O4S2/c1-17(34)32-14-11-19-24(16-32)39-28(25(19)27-29-20-7-3-4-8-23(20)38-27)30-26(35)18-9-10-21(22(15-18)33(36)37)31-12-5-2-6-13-31/h3-4,7-10,15H,2,5-6,11-14,16H2,1H3,(H,30,35). The summed E-state index contributed by atoms with van der Waals surface area (Å²) in [7, 11) is 0. The predicted molar refractivity (Wildman–Crippen MR) is 155 cm³/mol. The van der Waals surface area contributed by atoms with E-state index < -0.39 is 10.8 Å². The van der Waals surface area contributed by atoms with E-state index in [0.29, 0.717) is 30.2 Å². The van der Waals surface area contributed by atoms with Gasteiger partial charge in [0.25, 0.3) is 11.6 Å². The molecule has 4 aromatic rings. The lowest BCUT2D eigenvalue weighted by atomic mass is 10.0. The van der Waals surface area contributed by atoms with Crippen LogP contribution in [0.25, 0.3) is 20.8 Å². The topological polar surface area (TPSA) is 109 Å². The maximum Gasteiger partial charge on any atom is 0.293 e. The zero-order chi connectivity index (χ0) is 27.1. The molecule has 0 saturated carbocycles. The first-order chi connectivity index (χ1) is 18.9. The number of fused-ring (bicyclic) bond motifs is 2. The highest BCUT2D eigenvalue weighted by Crippen LogP contribution is 2.46. The third-order valence-corrected chi connectivity index (χ3v) is 9.55. The highest BCUT2D eigenvalue weighted by atomic mass is 32.1. The lowest BCUT2D eigenvalue weighted by molar-refractivity contribution is -0.384. The highest BCUT2D eigenvalue weighted by Gasteiger charge is 2.29. The number of para-hydroxylation sites is 1. The Morgan fingerprint density at radius 1 is 1.05 bits per heavy atom. The molecule has 2 aliphatic rings. The molecule has 2 amide bonds. The molecule has 2 aliphatic heterocycles. The van der Waals surface area contributed by atoms with Crippen molar-refractivity contribution in [1.82, 2.24) is 9.88 Å². The van der Waals surface area contributed by atoms with Crippen molar-refractivity contribution >= 4 is 61.1 Å². The van der Waals surface area contributed by atoms with Crippen LogP contribution >= 0.6 is 22.7 Å². The molecule has 0 spiro atoms. The van der Waals surface area contributed by atoms with Crippen LogP contribution in [0.2, 0.25) is 0 Å². The van der Waals surface area contributed by atoms with Crippen molar-refractivity contribution in [3.63, 3.8) is 0 Å². The summed E-state index contributed by atoms with van der Waals surface area (Å²) in [6, 6.07) is 12.6. The summed E-state index contributed by atoms with van der Waals surface area (Å²) in [4.78, 5) is 46.8. The molecule has 6 rings (SSSR count). The molecule has 2 aromatic heterocycles. The molecule has 11 heteroatoms. The number of nitro groups is 1. The van der Waals surface area contributed by atoms with Crippen LogP contribution in [0.1, 0.15) is 47.0 Å². The molecular weight excluding hydrogens is 534 g/mol. The molecule has 0 bridgehead atoms. The third kappa shape index (κ3) is 4.87. The van der Waals surface area contributed by atoms with Gasteiger partial charge in [-0.2, -0.15) is 0 Å². The number of carbonyl (C=O) groups is 2. The zero-order valence-electron chi connectivity index (χ0n) is 21.4.